The first-order valence-corrected chi connectivity index (χ1v) is 9.33. The maximum absolute atomic E-state index is 11.5. The topological polar surface area (TPSA) is 67.6 Å². The summed E-state index contributed by atoms with van der Waals surface area (Å²) >= 11 is 7.91. The van der Waals surface area contributed by atoms with Crippen LogP contribution in [0.2, 0.25) is 4.34 Å². The van der Waals surface area contributed by atoms with E-state index >= 15 is 0 Å². The van der Waals surface area contributed by atoms with E-state index in [-0.39, 0.29) is 12.1 Å². The summed E-state index contributed by atoms with van der Waals surface area (Å²) in [7, 11) is 3.52. The predicted octanol–water partition coefficient (Wildman–Crippen LogP) is 2.70. The zero-order valence-electron chi connectivity index (χ0n) is 14.4. The summed E-state index contributed by atoms with van der Waals surface area (Å²) in [6.45, 7) is 2.75. The molecule has 1 aromatic heterocycles. The molecule has 1 aromatic rings. The van der Waals surface area contributed by atoms with Crippen molar-refractivity contribution in [2.75, 3.05) is 20.8 Å². The van der Waals surface area contributed by atoms with Gasteiger partial charge in [-0.25, -0.2) is 0 Å². The molecule has 0 aliphatic carbocycles. The number of piperidine rings is 1. The number of carbonyl (C=O) groups is 1. The standard InChI is InChI=1S/C17H26ClN3O2S/c1-11-6-13(7-15(21(11)10-22)14(19)9-20-2)17-12(4-5-23-3)8-16(18)24-17/h8-11,13,15,20H,4-7,19H2,1-3H3/b14-9-. The fourth-order valence-electron chi connectivity index (χ4n) is 3.45. The van der Waals surface area contributed by atoms with Crippen molar-refractivity contribution >= 4 is 29.3 Å². The molecule has 1 saturated heterocycles. The molecule has 2 heterocycles. The number of likely N-dealkylation sites (tertiary alicyclic amines) is 1. The number of hydrogen-bond acceptors (Lipinski definition) is 5. The van der Waals surface area contributed by atoms with E-state index in [1.165, 1.54) is 10.4 Å². The number of halogens is 1. The predicted molar refractivity (Wildman–Crippen MR) is 99.4 cm³/mol. The molecule has 1 fully saturated rings. The van der Waals surface area contributed by atoms with E-state index in [0.717, 1.165) is 30.0 Å². The molecule has 0 bridgehead atoms. The lowest BCUT2D eigenvalue weighted by atomic mass is 9.83. The van der Waals surface area contributed by atoms with Gasteiger partial charge in [-0.3, -0.25) is 4.79 Å². The first-order valence-electron chi connectivity index (χ1n) is 8.14. The Hall–Kier alpha value is -1.24. The number of carbonyl (C=O) groups excluding carboxylic acids is 1. The van der Waals surface area contributed by atoms with Crippen LogP contribution in [0.25, 0.3) is 0 Å². The Balaban J connectivity index is 2.28. The molecule has 1 amide bonds. The minimum absolute atomic E-state index is 0.0974. The lowest BCUT2D eigenvalue weighted by Gasteiger charge is -2.42. The number of ether oxygens (including phenoxy) is 1. The summed E-state index contributed by atoms with van der Waals surface area (Å²) in [5, 5.41) is 2.96. The van der Waals surface area contributed by atoms with Gasteiger partial charge in [-0.2, -0.15) is 0 Å². The minimum Gasteiger partial charge on any atom is -0.399 e. The van der Waals surface area contributed by atoms with Crippen molar-refractivity contribution in [1.29, 1.82) is 0 Å². The molecule has 3 atom stereocenters. The largest absolute Gasteiger partial charge is 0.399 e. The zero-order valence-corrected chi connectivity index (χ0v) is 16.0. The van der Waals surface area contributed by atoms with Crippen LogP contribution in [-0.2, 0) is 16.0 Å². The number of hydrogen-bond donors (Lipinski definition) is 2. The van der Waals surface area contributed by atoms with Crippen molar-refractivity contribution in [2.45, 2.75) is 44.2 Å². The fourth-order valence-corrected chi connectivity index (χ4v) is 4.90. The minimum atomic E-state index is -0.0974. The number of rotatable bonds is 7. The van der Waals surface area contributed by atoms with Crippen LogP contribution in [0.5, 0.6) is 0 Å². The van der Waals surface area contributed by atoms with Gasteiger partial charge in [0.2, 0.25) is 6.41 Å². The van der Waals surface area contributed by atoms with Crippen molar-refractivity contribution in [3.05, 3.63) is 32.7 Å². The molecule has 5 nitrogen and oxygen atoms in total. The number of nitrogens with two attached hydrogens (primary N) is 1. The summed E-state index contributed by atoms with van der Waals surface area (Å²) in [4.78, 5) is 14.7. The first-order chi connectivity index (χ1) is 11.5. The van der Waals surface area contributed by atoms with Crippen LogP contribution in [0, 0.1) is 0 Å². The Morgan fingerprint density at radius 2 is 2.33 bits per heavy atom. The third kappa shape index (κ3) is 4.23. The van der Waals surface area contributed by atoms with Crippen molar-refractivity contribution < 1.29 is 9.53 Å². The van der Waals surface area contributed by atoms with E-state index in [2.05, 4.69) is 12.2 Å². The zero-order chi connectivity index (χ0) is 17.7. The molecule has 24 heavy (non-hydrogen) atoms. The second-order valence-electron chi connectivity index (χ2n) is 6.20. The summed E-state index contributed by atoms with van der Waals surface area (Å²) in [5.74, 6) is 0.342. The van der Waals surface area contributed by atoms with Gasteiger partial charge in [0.25, 0.3) is 0 Å². The Morgan fingerprint density at radius 1 is 1.58 bits per heavy atom. The number of thiophene rings is 1. The van der Waals surface area contributed by atoms with Crippen LogP contribution >= 0.6 is 22.9 Å². The molecule has 0 radical (unpaired) electrons. The Morgan fingerprint density at radius 3 is 2.96 bits per heavy atom. The molecular formula is C17H26ClN3O2S. The van der Waals surface area contributed by atoms with Crippen LogP contribution in [0.15, 0.2) is 18.0 Å². The highest BCUT2D eigenvalue weighted by molar-refractivity contribution is 7.16. The van der Waals surface area contributed by atoms with E-state index in [9.17, 15) is 4.79 Å². The molecule has 0 saturated carbocycles. The molecule has 1 aliphatic heterocycles. The van der Waals surface area contributed by atoms with Crippen molar-refractivity contribution in [2.24, 2.45) is 5.73 Å². The highest BCUT2D eigenvalue weighted by Gasteiger charge is 2.36. The Kier molecular flexibility index (Phi) is 6.95. The van der Waals surface area contributed by atoms with Crippen LogP contribution in [0.3, 0.4) is 0 Å². The second kappa shape index (κ2) is 8.74. The van der Waals surface area contributed by atoms with E-state index < -0.39 is 0 Å². The number of nitrogens with zero attached hydrogens (tertiary/aromatic N) is 1. The SMILES string of the molecule is CN/C=C(\N)C1CC(c2sc(Cl)cc2CCOC)CC(C)N1C=O. The van der Waals surface area contributed by atoms with Crippen LogP contribution in [0.1, 0.15) is 36.1 Å². The lowest BCUT2D eigenvalue weighted by molar-refractivity contribution is -0.123. The maximum Gasteiger partial charge on any atom is 0.210 e. The molecule has 0 aromatic carbocycles. The van der Waals surface area contributed by atoms with Gasteiger partial charge < -0.3 is 20.7 Å². The van der Waals surface area contributed by atoms with Gasteiger partial charge in [-0.05, 0) is 43.7 Å². The molecule has 3 unspecified atom stereocenters. The maximum atomic E-state index is 11.5. The number of nitrogens with one attached hydrogen (secondary N) is 1. The monoisotopic (exact) mass is 371 g/mol. The highest BCUT2D eigenvalue weighted by Crippen LogP contribution is 2.42. The van der Waals surface area contributed by atoms with Gasteiger partial charge in [-0.15, -0.1) is 11.3 Å². The van der Waals surface area contributed by atoms with Gasteiger partial charge in [0.05, 0.1) is 17.0 Å². The third-order valence-corrected chi connectivity index (χ3v) is 6.05. The molecule has 1 aliphatic rings. The highest BCUT2D eigenvalue weighted by atomic mass is 35.5. The lowest BCUT2D eigenvalue weighted by Crippen LogP contribution is -2.49. The van der Waals surface area contributed by atoms with Gasteiger partial charge in [-0.1, -0.05) is 11.6 Å². The molecular weight excluding hydrogens is 346 g/mol. The average molecular weight is 372 g/mol. The summed E-state index contributed by atoms with van der Waals surface area (Å²) in [6, 6.07) is 2.07. The molecule has 7 heteroatoms. The van der Waals surface area contributed by atoms with E-state index in [1.54, 1.807) is 24.6 Å². The first kappa shape index (κ1) is 19.1. The average Bonchev–Trinajstić information content (AvgIpc) is 2.93. The smallest absolute Gasteiger partial charge is 0.210 e. The molecule has 2 rings (SSSR count). The summed E-state index contributed by atoms with van der Waals surface area (Å²) in [6.07, 6.45) is 5.26. The van der Waals surface area contributed by atoms with Gasteiger partial charge >= 0.3 is 0 Å². The summed E-state index contributed by atoms with van der Waals surface area (Å²) < 4.78 is 6.02. The van der Waals surface area contributed by atoms with E-state index in [0.29, 0.717) is 18.2 Å². The van der Waals surface area contributed by atoms with Crippen LogP contribution in [-0.4, -0.2) is 44.2 Å². The Labute approximate surface area is 152 Å². The third-order valence-electron chi connectivity index (χ3n) is 4.58. The number of methoxy groups -OCH3 is 1. The normalized spacial score (nSPS) is 24.9. The molecule has 3 N–H and O–H groups in total. The van der Waals surface area contributed by atoms with Crippen LogP contribution < -0.4 is 11.1 Å². The van der Waals surface area contributed by atoms with E-state index in [1.807, 2.05) is 18.0 Å². The van der Waals surface area contributed by atoms with Crippen LogP contribution in [0.4, 0.5) is 0 Å². The van der Waals surface area contributed by atoms with Crippen molar-refractivity contribution in [3.8, 4) is 0 Å². The second-order valence-corrected chi connectivity index (χ2v) is 7.92. The number of amides is 1. The van der Waals surface area contributed by atoms with Crippen molar-refractivity contribution in [3.63, 3.8) is 0 Å². The van der Waals surface area contributed by atoms with E-state index in [4.69, 9.17) is 22.1 Å². The quantitative estimate of drug-likeness (QED) is 0.723. The molecule has 134 valence electrons. The molecule has 0 spiro atoms. The van der Waals surface area contributed by atoms with Gasteiger partial charge in [0.15, 0.2) is 0 Å². The Bertz CT molecular complexity index is 590. The van der Waals surface area contributed by atoms with Crippen molar-refractivity contribution in [1.82, 2.24) is 10.2 Å². The van der Waals surface area contributed by atoms with Gasteiger partial charge in [0, 0.05) is 37.0 Å². The van der Waals surface area contributed by atoms with Gasteiger partial charge in [0.1, 0.15) is 0 Å². The summed E-state index contributed by atoms with van der Waals surface area (Å²) in [5.41, 5.74) is 8.14. The fraction of sp³-hybridized carbons (Fsp3) is 0.588.